The molecule has 0 unspecified atom stereocenters. The topological polar surface area (TPSA) is 42.4 Å². The fraction of sp³-hybridized carbons (Fsp3) is 0.385. The molecule has 0 aliphatic carbocycles. The quantitative estimate of drug-likeness (QED) is 0.782. The van der Waals surface area contributed by atoms with Crippen molar-refractivity contribution in [3.8, 4) is 12.3 Å². The molecule has 1 amide bonds. The molecule has 1 aromatic rings. The number of carbonyl (C=O) groups is 1. The molecule has 102 valence electrons. The van der Waals surface area contributed by atoms with Crippen molar-refractivity contribution in [2.75, 3.05) is 11.4 Å². The lowest BCUT2D eigenvalue weighted by Gasteiger charge is -2.25. The number of nitrogens with zero attached hydrogens (tertiary/aromatic N) is 2. The second-order valence-corrected chi connectivity index (χ2v) is 5.58. The first-order valence-electron chi connectivity index (χ1n) is 5.49. The van der Waals surface area contributed by atoms with Crippen molar-refractivity contribution in [3.05, 3.63) is 22.6 Å². The summed E-state index contributed by atoms with van der Waals surface area (Å²) in [6.45, 7) is 5.22. The molecule has 0 fully saturated rings. The average molecular weight is 329 g/mol. The van der Waals surface area contributed by atoms with Crippen LogP contribution in [0.25, 0.3) is 0 Å². The molecule has 0 spiro atoms. The summed E-state index contributed by atoms with van der Waals surface area (Å²) in [7, 11) is 0. The zero-order valence-electron chi connectivity index (χ0n) is 10.9. The van der Waals surface area contributed by atoms with Crippen LogP contribution in [0.1, 0.15) is 20.8 Å². The molecule has 1 aromatic heterocycles. The van der Waals surface area contributed by atoms with Gasteiger partial charge in [0.15, 0.2) is 5.82 Å². The molecule has 0 aromatic carbocycles. The van der Waals surface area contributed by atoms with Gasteiger partial charge in [0.2, 0.25) is 0 Å². The van der Waals surface area contributed by atoms with Crippen LogP contribution in [0.3, 0.4) is 0 Å². The summed E-state index contributed by atoms with van der Waals surface area (Å²) in [5, 5.41) is 0. The van der Waals surface area contributed by atoms with Gasteiger partial charge in [-0.3, -0.25) is 0 Å². The van der Waals surface area contributed by atoms with Crippen molar-refractivity contribution in [2.45, 2.75) is 26.4 Å². The van der Waals surface area contributed by atoms with Crippen LogP contribution in [-0.2, 0) is 4.74 Å². The molecule has 4 nitrogen and oxygen atoms in total. The van der Waals surface area contributed by atoms with Gasteiger partial charge in [0.05, 0.1) is 17.2 Å². The third kappa shape index (κ3) is 4.52. The van der Waals surface area contributed by atoms with Gasteiger partial charge in [-0.1, -0.05) is 5.92 Å². The molecule has 0 aliphatic heterocycles. The molecular formula is C13H14BrFN2O2. The summed E-state index contributed by atoms with van der Waals surface area (Å²) < 4.78 is 18.6. The number of anilines is 1. The number of pyridine rings is 1. The number of hydrogen-bond donors (Lipinski definition) is 0. The van der Waals surface area contributed by atoms with E-state index >= 15 is 0 Å². The number of terminal acetylenes is 1. The normalized spacial score (nSPS) is 10.7. The number of hydrogen-bond acceptors (Lipinski definition) is 3. The van der Waals surface area contributed by atoms with Crippen LogP contribution in [0.5, 0.6) is 0 Å². The smallest absolute Gasteiger partial charge is 0.416 e. The number of aromatic nitrogens is 1. The van der Waals surface area contributed by atoms with E-state index in [2.05, 4.69) is 26.8 Å². The second kappa shape index (κ2) is 6.02. The summed E-state index contributed by atoms with van der Waals surface area (Å²) in [4.78, 5) is 17.0. The lowest BCUT2D eigenvalue weighted by molar-refractivity contribution is 0.0584. The van der Waals surface area contributed by atoms with Crippen molar-refractivity contribution in [2.24, 2.45) is 0 Å². The summed E-state index contributed by atoms with van der Waals surface area (Å²) in [5.74, 6) is 2.05. The highest BCUT2D eigenvalue weighted by Crippen LogP contribution is 2.22. The van der Waals surface area contributed by atoms with E-state index in [0.29, 0.717) is 0 Å². The first-order chi connectivity index (χ1) is 8.74. The molecule has 1 heterocycles. The first-order valence-corrected chi connectivity index (χ1v) is 6.29. The molecule has 6 heteroatoms. The Morgan fingerprint density at radius 2 is 2.26 bits per heavy atom. The van der Waals surface area contributed by atoms with Gasteiger partial charge < -0.3 is 4.74 Å². The van der Waals surface area contributed by atoms with E-state index in [1.165, 1.54) is 6.07 Å². The van der Waals surface area contributed by atoms with Gasteiger partial charge in [0, 0.05) is 0 Å². The molecule has 0 bridgehead atoms. The minimum absolute atomic E-state index is 0.0139. The van der Waals surface area contributed by atoms with E-state index in [1.54, 1.807) is 20.8 Å². The molecule has 19 heavy (non-hydrogen) atoms. The Morgan fingerprint density at radius 1 is 1.63 bits per heavy atom. The Balaban J connectivity index is 3.03. The monoisotopic (exact) mass is 328 g/mol. The highest BCUT2D eigenvalue weighted by atomic mass is 79.9. The van der Waals surface area contributed by atoms with Gasteiger partial charge in [-0.25, -0.2) is 19.1 Å². The maximum absolute atomic E-state index is 13.1. The van der Waals surface area contributed by atoms with Gasteiger partial charge in [0.1, 0.15) is 11.4 Å². The maximum atomic E-state index is 13.1. The minimum atomic E-state index is -0.652. The van der Waals surface area contributed by atoms with E-state index in [0.717, 1.165) is 11.1 Å². The largest absolute Gasteiger partial charge is 0.443 e. The first kappa shape index (κ1) is 15.4. The van der Waals surface area contributed by atoms with Crippen molar-refractivity contribution in [1.29, 1.82) is 0 Å². The van der Waals surface area contributed by atoms with Crippen LogP contribution in [0.4, 0.5) is 15.0 Å². The molecule has 0 radical (unpaired) electrons. The Bertz CT molecular complexity index is 520. The fourth-order valence-corrected chi connectivity index (χ4v) is 1.51. The molecular weight excluding hydrogens is 315 g/mol. The van der Waals surface area contributed by atoms with Crippen LogP contribution < -0.4 is 4.90 Å². The summed E-state index contributed by atoms with van der Waals surface area (Å²) in [6.07, 6.45) is 5.60. The SMILES string of the molecule is C#CCN(C(=O)OC(C)(C)C)c1cc(Br)c(F)cn1. The molecule has 0 aliphatic rings. The summed E-state index contributed by atoms with van der Waals surface area (Å²) >= 11 is 3.03. The molecule has 0 saturated carbocycles. The number of carbonyl (C=O) groups excluding carboxylic acids is 1. The van der Waals surface area contributed by atoms with Crippen LogP contribution >= 0.6 is 15.9 Å². The van der Waals surface area contributed by atoms with Crippen molar-refractivity contribution in [1.82, 2.24) is 4.98 Å². The highest BCUT2D eigenvalue weighted by Gasteiger charge is 2.24. The Labute approximate surface area is 120 Å². The summed E-state index contributed by atoms with van der Waals surface area (Å²) in [6, 6.07) is 1.37. The highest BCUT2D eigenvalue weighted by molar-refractivity contribution is 9.10. The van der Waals surface area contributed by atoms with Gasteiger partial charge in [0.25, 0.3) is 0 Å². The predicted octanol–water partition coefficient (Wildman–Crippen LogP) is 3.36. The average Bonchev–Trinajstić information content (AvgIpc) is 2.27. The van der Waals surface area contributed by atoms with Crippen LogP contribution in [0.15, 0.2) is 16.7 Å². The third-order valence-electron chi connectivity index (χ3n) is 1.93. The van der Waals surface area contributed by atoms with Gasteiger partial charge in [-0.05, 0) is 42.8 Å². The van der Waals surface area contributed by atoms with E-state index in [-0.39, 0.29) is 16.8 Å². The molecule has 1 rings (SSSR count). The zero-order chi connectivity index (χ0) is 14.6. The predicted molar refractivity (Wildman–Crippen MR) is 74.3 cm³/mol. The van der Waals surface area contributed by atoms with Crippen molar-refractivity contribution < 1.29 is 13.9 Å². The lowest BCUT2D eigenvalue weighted by atomic mass is 10.2. The third-order valence-corrected chi connectivity index (χ3v) is 2.54. The van der Waals surface area contributed by atoms with E-state index in [4.69, 9.17) is 11.2 Å². The zero-order valence-corrected chi connectivity index (χ0v) is 12.5. The number of ether oxygens (including phenoxy) is 1. The van der Waals surface area contributed by atoms with Gasteiger partial charge >= 0.3 is 6.09 Å². The minimum Gasteiger partial charge on any atom is -0.443 e. The summed E-state index contributed by atoms with van der Waals surface area (Å²) in [5.41, 5.74) is -0.652. The van der Waals surface area contributed by atoms with Gasteiger partial charge in [-0.2, -0.15) is 0 Å². The number of amides is 1. The van der Waals surface area contributed by atoms with Crippen molar-refractivity contribution >= 4 is 27.8 Å². The maximum Gasteiger partial charge on any atom is 0.416 e. The van der Waals surface area contributed by atoms with E-state index in [1.807, 2.05) is 0 Å². The molecule has 0 atom stereocenters. The Hall–Kier alpha value is -1.61. The van der Waals surface area contributed by atoms with Crippen LogP contribution in [-0.4, -0.2) is 23.2 Å². The van der Waals surface area contributed by atoms with Crippen LogP contribution in [0, 0.1) is 18.2 Å². The number of halogens is 2. The van der Waals surface area contributed by atoms with E-state index < -0.39 is 17.5 Å². The molecule has 0 N–H and O–H groups in total. The lowest BCUT2D eigenvalue weighted by Crippen LogP contribution is -2.37. The molecule has 0 saturated heterocycles. The van der Waals surface area contributed by atoms with E-state index in [9.17, 15) is 9.18 Å². The number of rotatable bonds is 2. The van der Waals surface area contributed by atoms with Gasteiger partial charge in [-0.15, -0.1) is 6.42 Å². The van der Waals surface area contributed by atoms with Crippen molar-refractivity contribution in [3.63, 3.8) is 0 Å². The second-order valence-electron chi connectivity index (χ2n) is 4.73. The Morgan fingerprint density at radius 3 is 2.74 bits per heavy atom. The Kier molecular flexibility index (Phi) is 4.90. The standard InChI is InChI=1S/C13H14BrFN2O2/c1-5-6-17(12(18)19-13(2,3)4)11-7-9(14)10(15)8-16-11/h1,7-8H,6H2,2-4H3. The van der Waals surface area contributed by atoms with Crippen LogP contribution in [0.2, 0.25) is 0 Å². The fourth-order valence-electron chi connectivity index (χ4n) is 1.20.